The van der Waals surface area contributed by atoms with Crippen molar-refractivity contribution in [1.82, 2.24) is 4.90 Å². The molecule has 1 amide bonds. The first kappa shape index (κ1) is 14.9. The number of nitrogens with zero attached hydrogens (tertiary/aromatic N) is 1. The van der Waals surface area contributed by atoms with Crippen LogP contribution in [0.15, 0.2) is 24.3 Å². The van der Waals surface area contributed by atoms with Crippen molar-refractivity contribution >= 4 is 11.9 Å². The summed E-state index contributed by atoms with van der Waals surface area (Å²) in [6.07, 6.45) is 3.24. The number of carbonyl (C=O) groups is 2. The summed E-state index contributed by atoms with van der Waals surface area (Å²) in [6.45, 7) is 0.997. The number of amides is 1. The highest BCUT2D eigenvalue weighted by atomic mass is 16.5. The molecule has 22 heavy (non-hydrogen) atoms. The molecule has 5 nitrogen and oxygen atoms in total. The van der Waals surface area contributed by atoms with Crippen LogP contribution >= 0.6 is 0 Å². The van der Waals surface area contributed by atoms with E-state index in [0.29, 0.717) is 26.0 Å². The van der Waals surface area contributed by atoms with Crippen LogP contribution in [0.4, 0.5) is 0 Å². The van der Waals surface area contributed by atoms with Gasteiger partial charge < -0.3 is 14.4 Å². The molecule has 2 aliphatic rings. The number of hydrogen-bond acceptors (Lipinski definition) is 4. The van der Waals surface area contributed by atoms with E-state index in [4.69, 9.17) is 9.47 Å². The molecule has 3 rings (SSSR count). The van der Waals surface area contributed by atoms with E-state index < -0.39 is 6.04 Å². The fourth-order valence-corrected chi connectivity index (χ4v) is 3.30. The third kappa shape index (κ3) is 2.80. The summed E-state index contributed by atoms with van der Waals surface area (Å²) in [5.74, 6) is 0.324. The van der Waals surface area contributed by atoms with Gasteiger partial charge in [-0.25, -0.2) is 4.79 Å². The van der Waals surface area contributed by atoms with Gasteiger partial charge in [-0.15, -0.1) is 0 Å². The Balaban J connectivity index is 1.74. The molecule has 0 spiro atoms. The van der Waals surface area contributed by atoms with Crippen LogP contribution in [0, 0.1) is 5.92 Å². The Kier molecular flexibility index (Phi) is 4.32. The van der Waals surface area contributed by atoms with Gasteiger partial charge in [-0.1, -0.05) is 18.2 Å². The quantitative estimate of drug-likeness (QED) is 0.782. The summed E-state index contributed by atoms with van der Waals surface area (Å²) < 4.78 is 10.6. The summed E-state index contributed by atoms with van der Waals surface area (Å²) in [5.41, 5.74) is 1.05. The van der Waals surface area contributed by atoms with Crippen LogP contribution in [-0.4, -0.2) is 43.1 Å². The first-order chi connectivity index (χ1) is 10.7. The van der Waals surface area contributed by atoms with Gasteiger partial charge in [-0.3, -0.25) is 4.79 Å². The fraction of sp³-hybridized carbons (Fsp3) is 0.529. The van der Waals surface area contributed by atoms with E-state index in [9.17, 15) is 9.59 Å². The van der Waals surface area contributed by atoms with Crippen molar-refractivity contribution in [3.8, 4) is 5.75 Å². The van der Waals surface area contributed by atoms with E-state index in [1.54, 1.807) is 4.90 Å². The second-order valence-corrected chi connectivity index (χ2v) is 5.89. The van der Waals surface area contributed by atoms with Crippen molar-refractivity contribution in [3.63, 3.8) is 0 Å². The lowest BCUT2D eigenvalue weighted by Gasteiger charge is -2.37. The number of carbonyl (C=O) groups excluding carboxylic acids is 2. The third-order valence-electron chi connectivity index (χ3n) is 4.49. The number of fused-ring (bicyclic) bond motifs is 1. The largest absolute Gasteiger partial charge is 0.492 e. The molecule has 2 heterocycles. The van der Waals surface area contributed by atoms with Gasteiger partial charge in [0.15, 0.2) is 0 Å². The van der Waals surface area contributed by atoms with Crippen molar-refractivity contribution in [2.24, 2.45) is 5.92 Å². The summed E-state index contributed by atoms with van der Waals surface area (Å²) in [7, 11) is 1.37. The highest BCUT2D eigenvalue weighted by Crippen LogP contribution is 2.29. The number of rotatable bonds is 2. The van der Waals surface area contributed by atoms with Crippen LogP contribution in [0.3, 0.4) is 0 Å². The number of likely N-dealkylation sites (tertiary alicyclic amines) is 1. The standard InChI is InChI=1S/C17H21NO4/c1-21-17(20)14-7-4-5-9-18(14)16(19)13-10-12-6-2-3-8-15(12)22-11-13/h2-3,6,8,13-14H,4-5,7,9-11H2,1H3. The third-order valence-corrected chi connectivity index (χ3v) is 4.49. The minimum atomic E-state index is -0.441. The van der Waals surface area contributed by atoms with Gasteiger partial charge in [0, 0.05) is 6.54 Å². The van der Waals surface area contributed by atoms with Crippen LogP contribution in [0.5, 0.6) is 5.75 Å². The van der Waals surface area contributed by atoms with Crippen LogP contribution in [0.2, 0.25) is 0 Å². The monoisotopic (exact) mass is 303 g/mol. The van der Waals surface area contributed by atoms with Gasteiger partial charge >= 0.3 is 5.97 Å². The number of esters is 1. The van der Waals surface area contributed by atoms with Gasteiger partial charge in [0.25, 0.3) is 0 Å². The molecule has 0 saturated carbocycles. The van der Waals surface area contributed by atoms with Crippen molar-refractivity contribution in [2.75, 3.05) is 20.3 Å². The SMILES string of the molecule is COC(=O)C1CCCCN1C(=O)C1COc2ccccc2C1. The molecule has 2 aliphatic heterocycles. The second-order valence-electron chi connectivity index (χ2n) is 5.89. The molecule has 1 aromatic rings. The van der Waals surface area contributed by atoms with Gasteiger partial charge in [0.05, 0.1) is 13.0 Å². The average molecular weight is 303 g/mol. The Morgan fingerprint density at radius 3 is 2.91 bits per heavy atom. The Morgan fingerprint density at radius 1 is 1.27 bits per heavy atom. The van der Waals surface area contributed by atoms with E-state index in [-0.39, 0.29) is 17.8 Å². The maximum Gasteiger partial charge on any atom is 0.328 e. The van der Waals surface area contributed by atoms with Crippen LogP contribution in [0.25, 0.3) is 0 Å². The number of para-hydroxylation sites is 1. The van der Waals surface area contributed by atoms with Crippen molar-refractivity contribution < 1.29 is 19.1 Å². The van der Waals surface area contributed by atoms with E-state index in [1.807, 2.05) is 24.3 Å². The first-order valence-electron chi connectivity index (χ1n) is 7.79. The lowest BCUT2D eigenvalue weighted by Crippen LogP contribution is -2.52. The van der Waals surface area contributed by atoms with Gasteiger partial charge in [-0.05, 0) is 37.3 Å². The zero-order valence-electron chi connectivity index (χ0n) is 12.8. The predicted octanol–water partition coefficient (Wildman–Crippen LogP) is 1.79. The van der Waals surface area contributed by atoms with Gasteiger partial charge in [0.1, 0.15) is 18.4 Å². The smallest absolute Gasteiger partial charge is 0.328 e. The summed E-state index contributed by atoms with van der Waals surface area (Å²) >= 11 is 0. The highest BCUT2D eigenvalue weighted by molar-refractivity contribution is 5.86. The number of benzene rings is 1. The average Bonchev–Trinajstić information content (AvgIpc) is 2.60. The molecule has 1 saturated heterocycles. The molecule has 0 aliphatic carbocycles. The molecule has 0 radical (unpaired) electrons. The minimum absolute atomic E-state index is 0.00426. The normalized spacial score (nSPS) is 24.1. The Morgan fingerprint density at radius 2 is 2.09 bits per heavy atom. The lowest BCUT2D eigenvalue weighted by molar-refractivity contribution is -0.156. The molecule has 118 valence electrons. The Bertz CT molecular complexity index is 572. The number of hydrogen-bond donors (Lipinski definition) is 0. The molecule has 0 N–H and O–H groups in total. The summed E-state index contributed by atoms with van der Waals surface area (Å²) in [6, 6.07) is 7.35. The minimum Gasteiger partial charge on any atom is -0.492 e. The predicted molar refractivity (Wildman–Crippen MR) is 80.5 cm³/mol. The Labute approximate surface area is 130 Å². The van der Waals surface area contributed by atoms with E-state index in [2.05, 4.69) is 0 Å². The molecule has 2 unspecified atom stereocenters. The summed E-state index contributed by atoms with van der Waals surface area (Å²) in [5, 5.41) is 0. The van der Waals surface area contributed by atoms with Crippen LogP contribution < -0.4 is 4.74 Å². The second kappa shape index (κ2) is 6.38. The number of methoxy groups -OCH3 is 1. The van der Waals surface area contributed by atoms with Crippen molar-refractivity contribution in [1.29, 1.82) is 0 Å². The van der Waals surface area contributed by atoms with Crippen LogP contribution in [-0.2, 0) is 20.7 Å². The van der Waals surface area contributed by atoms with Crippen LogP contribution in [0.1, 0.15) is 24.8 Å². The van der Waals surface area contributed by atoms with E-state index >= 15 is 0 Å². The fourth-order valence-electron chi connectivity index (χ4n) is 3.30. The molecule has 5 heteroatoms. The number of piperidine rings is 1. The number of ether oxygens (including phenoxy) is 2. The van der Waals surface area contributed by atoms with Gasteiger partial charge in [0.2, 0.25) is 5.91 Å². The molecule has 2 atom stereocenters. The topological polar surface area (TPSA) is 55.8 Å². The van der Waals surface area contributed by atoms with Crippen molar-refractivity contribution in [2.45, 2.75) is 31.7 Å². The molecule has 1 fully saturated rings. The van der Waals surface area contributed by atoms with Crippen molar-refractivity contribution in [3.05, 3.63) is 29.8 Å². The first-order valence-corrected chi connectivity index (χ1v) is 7.79. The molecular formula is C17H21NO4. The zero-order valence-corrected chi connectivity index (χ0v) is 12.8. The Hall–Kier alpha value is -2.04. The highest BCUT2D eigenvalue weighted by Gasteiger charge is 2.37. The molecular weight excluding hydrogens is 282 g/mol. The molecule has 1 aromatic carbocycles. The molecule has 0 bridgehead atoms. The zero-order chi connectivity index (χ0) is 15.5. The lowest BCUT2D eigenvalue weighted by atomic mass is 9.93. The molecule has 0 aromatic heterocycles. The summed E-state index contributed by atoms with van der Waals surface area (Å²) in [4.78, 5) is 26.4. The van der Waals surface area contributed by atoms with E-state index in [1.165, 1.54) is 7.11 Å². The maximum atomic E-state index is 12.8. The van der Waals surface area contributed by atoms with E-state index in [0.717, 1.165) is 24.2 Å². The van der Waals surface area contributed by atoms with Gasteiger partial charge in [-0.2, -0.15) is 0 Å². The maximum absolute atomic E-state index is 12.8.